The quantitative estimate of drug-likeness (QED) is 0.466. The molecule has 0 bridgehead atoms. The maximum atomic E-state index is 13.4. The van der Waals surface area contributed by atoms with E-state index in [0.717, 1.165) is 48.8 Å². The highest BCUT2D eigenvalue weighted by Gasteiger charge is 2.30. The first-order chi connectivity index (χ1) is 16.6. The van der Waals surface area contributed by atoms with Crippen molar-refractivity contribution in [2.75, 3.05) is 13.1 Å². The van der Waals surface area contributed by atoms with Crippen molar-refractivity contribution >= 4 is 10.9 Å². The molecule has 34 heavy (non-hydrogen) atoms. The predicted octanol–water partition coefficient (Wildman–Crippen LogP) is 4.23. The van der Waals surface area contributed by atoms with Gasteiger partial charge in [0.15, 0.2) is 5.82 Å². The van der Waals surface area contributed by atoms with E-state index in [1.807, 2.05) is 18.2 Å². The highest BCUT2D eigenvalue weighted by molar-refractivity contribution is 5.80. The van der Waals surface area contributed by atoms with Crippen LogP contribution in [0.3, 0.4) is 0 Å². The Morgan fingerprint density at radius 1 is 1.00 bits per heavy atom. The van der Waals surface area contributed by atoms with Gasteiger partial charge in [0, 0.05) is 11.1 Å². The molecule has 0 saturated carbocycles. The summed E-state index contributed by atoms with van der Waals surface area (Å²) in [7, 11) is 0. The van der Waals surface area contributed by atoms with Crippen molar-refractivity contribution in [2.24, 2.45) is 0 Å². The number of benzene rings is 2. The molecular formula is C26H29FN6O. The molecule has 8 heteroatoms. The molecule has 4 aromatic rings. The van der Waals surface area contributed by atoms with E-state index in [1.54, 1.807) is 16.8 Å². The van der Waals surface area contributed by atoms with Crippen LogP contribution >= 0.6 is 0 Å². The van der Waals surface area contributed by atoms with Crippen molar-refractivity contribution in [1.82, 2.24) is 30.1 Å². The molecule has 1 fully saturated rings. The van der Waals surface area contributed by atoms with Gasteiger partial charge in [-0.15, -0.1) is 5.10 Å². The van der Waals surface area contributed by atoms with Gasteiger partial charge in [-0.1, -0.05) is 38.0 Å². The number of likely N-dealkylation sites (tertiary alicyclic amines) is 1. The number of nitrogens with one attached hydrogen (secondary N) is 1. The van der Waals surface area contributed by atoms with E-state index in [4.69, 9.17) is 0 Å². The Hall–Kier alpha value is -3.39. The van der Waals surface area contributed by atoms with Gasteiger partial charge >= 0.3 is 0 Å². The Kier molecular flexibility index (Phi) is 6.49. The van der Waals surface area contributed by atoms with Crippen LogP contribution in [0.2, 0.25) is 0 Å². The lowest BCUT2D eigenvalue weighted by Gasteiger charge is -2.29. The van der Waals surface area contributed by atoms with Crippen molar-refractivity contribution in [3.63, 3.8) is 0 Å². The van der Waals surface area contributed by atoms with E-state index in [-0.39, 0.29) is 17.4 Å². The minimum atomic E-state index is -0.369. The molecule has 1 N–H and O–H groups in total. The van der Waals surface area contributed by atoms with Crippen LogP contribution < -0.4 is 5.56 Å². The van der Waals surface area contributed by atoms with E-state index in [9.17, 15) is 9.18 Å². The molecule has 0 unspecified atom stereocenters. The highest BCUT2D eigenvalue weighted by Crippen LogP contribution is 2.29. The molecule has 1 aliphatic rings. The zero-order valence-electron chi connectivity index (χ0n) is 19.4. The fraction of sp³-hybridized carbons (Fsp3) is 0.385. The number of aromatic nitrogens is 5. The topological polar surface area (TPSA) is 79.7 Å². The summed E-state index contributed by atoms with van der Waals surface area (Å²) in [6.45, 7) is 4.27. The summed E-state index contributed by atoms with van der Waals surface area (Å²) < 4.78 is 15.1. The fourth-order valence-electron chi connectivity index (χ4n) is 4.83. The Morgan fingerprint density at radius 3 is 2.47 bits per heavy atom. The lowest BCUT2D eigenvalue weighted by Crippen LogP contribution is -2.36. The fourth-order valence-corrected chi connectivity index (χ4v) is 4.83. The van der Waals surface area contributed by atoms with Crippen LogP contribution in [-0.2, 0) is 13.0 Å². The Balaban J connectivity index is 1.61. The van der Waals surface area contributed by atoms with Crippen LogP contribution in [0.25, 0.3) is 10.9 Å². The van der Waals surface area contributed by atoms with E-state index in [0.29, 0.717) is 17.9 Å². The van der Waals surface area contributed by atoms with Gasteiger partial charge in [-0.05, 0) is 89.6 Å². The molecule has 2 aromatic carbocycles. The van der Waals surface area contributed by atoms with E-state index < -0.39 is 0 Å². The van der Waals surface area contributed by atoms with Crippen LogP contribution in [0.15, 0.2) is 53.3 Å². The number of tetrazole rings is 1. The van der Waals surface area contributed by atoms with E-state index in [1.165, 1.54) is 30.5 Å². The van der Waals surface area contributed by atoms with Gasteiger partial charge in [0.05, 0.1) is 6.54 Å². The first-order valence-corrected chi connectivity index (χ1v) is 12.0. The van der Waals surface area contributed by atoms with Gasteiger partial charge in [0.25, 0.3) is 5.56 Å². The zero-order chi connectivity index (χ0) is 23.5. The van der Waals surface area contributed by atoms with Crippen LogP contribution in [0.5, 0.6) is 0 Å². The predicted molar refractivity (Wildman–Crippen MR) is 129 cm³/mol. The highest BCUT2D eigenvalue weighted by atomic mass is 19.1. The van der Waals surface area contributed by atoms with Crippen molar-refractivity contribution in [1.29, 1.82) is 0 Å². The van der Waals surface area contributed by atoms with Crippen LogP contribution in [0, 0.1) is 5.82 Å². The molecule has 1 aliphatic heterocycles. The number of hydrogen-bond acceptors (Lipinski definition) is 5. The number of aryl methyl sites for hydroxylation is 1. The summed E-state index contributed by atoms with van der Waals surface area (Å²) in [6, 6.07) is 14.1. The maximum Gasteiger partial charge on any atom is 0.253 e. The summed E-state index contributed by atoms with van der Waals surface area (Å²) >= 11 is 0. The lowest BCUT2D eigenvalue weighted by atomic mass is 10.0. The molecule has 0 aliphatic carbocycles. The second-order valence-electron chi connectivity index (χ2n) is 9.00. The smallest absolute Gasteiger partial charge is 0.253 e. The average Bonchev–Trinajstić information content (AvgIpc) is 3.12. The normalized spacial score (nSPS) is 15.9. The Labute approximate surface area is 197 Å². The third-order valence-corrected chi connectivity index (χ3v) is 6.70. The number of aromatic amines is 1. The summed E-state index contributed by atoms with van der Waals surface area (Å²) in [5.41, 5.74) is 3.47. The maximum absolute atomic E-state index is 13.4. The molecule has 1 atom stereocenters. The third kappa shape index (κ3) is 4.63. The lowest BCUT2D eigenvalue weighted by molar-refractivity contribution is 0.220. The first-order valence-electron chi connectivity index (χ1n) is 12.0. The second kappa shape index (κ2) is 9.85. The monoisotopic (exact) mass is 460 g/mol. The van der Waals surface area contributed by atoms with Gasteiger partial charge in [0.1, 0.15) is 11.9 Å². The molecular weight excluding hydrogens is 431 g/mol. The molecule has 2 aromatic heterocycles. The molecule has 3 heterocycles. The van der Waals surface area contributed by atoms with Gasteiger partial charge in [-0.2, -0.15) is 0 Å². The van der Waals surface area contributed by atoms with Crippen molar-refractivity contribution in [2.45, 2.75) is 51.6 Å². The number of hydrogen-bond donors (Lipinski definition) is 1. The number of halogens is 1. The van der Waals surface area contributed by atoms with E-state index in [2.05, 4.69) is 38.4 Å². The van der Waals surface area contributed by atoms with Crippen LogP contribution in [0.4, 0.5) is 4.39 Å². The largest absolute Gasteiger partial charge is 0.322 e. The first kappa shape index (κ1) is 22.4. The molecule has 7 nitrogen and oxygen atoms in total. The summed E-state index contributed by atoms with van der Waals surface area (Å²) in [6.07, 6.45) is 5.42. The summed E-state index contributed by atoms with van der Waals surface area (Å²) in [5.74, 6) is 0.347. The third-order valence-electron chi connectivity index (χ3n) is 6.70. The average molecular weight is 461 g/mol. The molecule has 5 rings (SSSR count). The molecule has 0 radical (unpaired) electrons. The minimum absolute atomic E-state index is 0.123. The summed E-state index contributed by atoms with van der Waals surface area (Å²) in [4.78, 5) is 18.8. The Bertz CT molecular complexity index is 1320. The number of pyridine rings is 1. The Morgan fingerprint density at radius 2 is 1.74 bits per heavy atom. The minimum Gasteiger partial charge on any atom is -0.322 e. The SMILES string of the molecule is CCc1ccc2[nH]c(=O)c([C@@H](c3nnnn3Cc3ccc(F)cc3)N3CCCCCC3)cc2c1. The van der Waals surface area contributed by atoms with Gasteiger partial charge in [0.2, 0.25) is 0 Å². The van der Waals surface area contributed by atoms with Crippen molar-refractivity contribution in [3.8, 4) is 0 Å². The molecule has 0 amide bonds. The second-order valence-corrected chi connectivity index (χ2v) is 9.00. The number of rotatable bonds is 6. The van der Waals surface area contributed by atoms with Crippen molar-refractivity contribution in [3.05, 3.63) is 87.2 Å². The molecule has 0 spiro atoms. The van der Waals surface area contributed by atoms with Gasteiger partial charge < -0.3 is 4.98 Å². The number of fused-ring (bicyclic) bond motifs is 1. The molecule has 1 saturated heterocycles. The zero-order valence-corrected chi connectivity index (χ0v) is 19.4. The van der Waals surface area contributed by atoms with Crippen LogP contribution in [-0.4, -0.2) is 43.2 Å². The summed E-state index contributed by atoms with van der Waals surface area (Å²) in [5, 5.41) is 13.6. The molecule has 176 valence electrons. The number of nitrogens with zero attached hydrogens (tertiary/aromatic N) is 5. The van der Waals surface area contributed by atoms with Gasteiger partial charge in [-0.25, -0.2) is 9.07 Å². The van der Waals surface area contributed by atoms with Crippen LogP contribution in [0.1, 0.15) is 61.2 Å². The van der Waals surface area contributed by atoms with Crippen molar-refractivity contribution < 1.29 is 4.39 Å². The van der Waals surface area contributed by atoms with E-state index >= 15 is 0 Å². The number of H-pyrrole nitrogens is 1. The van der Waals surface area contributed by atoms with Gasteiger partial charge in [-0.3, -0.25) is 9.69 Å². The standard InChI is InChI=1S/C26H29FN6O/c1-2-18-9-12-23-20(15-18)16-22(26(34)28-23)24(32-13-5-3-4-6-14-32)25-29-30-31-33(25)17-19-7-10-21(27)11-8-19/h7-12,15-16,24H,2-6,13-14,17H2,1H3,(H,28,34)/t24-/m0/s1.